The van der Waals surface area contributed by atoms with Gasteiger partial charge >= 0.3 is 0 Å². The van der Waals surface area contributed by atoms with Crippen molar-refractivity contribution in [3.05, 3.63) is 47.5 Å². The van der Waals surface area contributed by atoms with Crippen molar-refractivity contribution in [2.24, 2.45) is 11.8 Å². The zero-order valence-electron chi connectivity index (χ0n) is 17.4. The summed E-state index contributed by atoms with van der Waals surface area (Å²) in [5.74, 6) is -4.37. The second kappa shape index (κ2) is 10.2. The fraction of sp³-hybridized carbons (Fsp3) is 0.500. The monoisotopic (exact) mass is 424 g/mol. The number of benzene rings is 2. The summed E-state index contributed by atoms with van der Waals surface area (Å²) in [6, 6.07) is 4.86. The molecule has 0 heterocycles. The van der Waals surface area contributed by atoms with Crippen LogP contribution in [0.3, 0.4) is 0 Å². The molecule has 0 aromatic heterocycles. The fourth-order valence-corrected chi connectivity index (χ4v) is 4.16. The lowest BCUT2D eigenvalue weighted by Gasteiger charge is -2.28. The molecule has 6 heteroatoms. The summed E-state index contributed by atoms with van der Waals surface area (Å²) in [7, 11) is 0. The first-order valence-electron chi connectivity index (χ1n) is 10.7. The van der Waals surface area contributed by atoms with Crippen molar-refractivity contribution in [1.29, 1.82) is 0 Å². The van der Waals surface area contributed by atoms with Gasteiger partial charge in [-0.3, -0.25) is 0 Å². The minimum atomic E-state index is -1.28. The molecule has 0 aliphatic heterocycles. The Kier molecular flexibility index (Phi) is 7.62. The topological polar surface area (TPSA) is 18.5 Å². The normalized spacial score (nSPS) is 19.0. The van der Waals surface area contributed by atoms with Crippen molar-refractivity contribution in [3.8, 4) is 22.6 Å². The third-order valence-electron chi connectivity index (χ3n) is 5.82. The van der Waals surface area contributed by atoms with Crippen LogP contribution < -0.4 is 9.47 Å². The summed E-state index contributed by atoms with van der Waals surface area (Å²) in [6.07, 6.45) is 6.73. The van der Waals surface area contributed by atoms with Gasteiger partial charge in [0.05, 0.1) is 13.2 Å². The maximum atomic E-state index is 14.6. The lowest BCUT2D eigenvalue weighted by atomic mass is 9.80. The summed E-state index contributed by atoms with van der Waals surface area (Å²) in [5, 5.41) is 0. The first-order valence-corrected chi connectivity index (χ1v) is 10.7. The number of rotatable bonds is 8. The van der Waals surface area contributed by atoms with E-state index in [9.17, 15) is 17.6 Å². The van der Waals surface area contributed by atoms with Crippen molar-refractivity contribution in [2.45, 2.75) is 52.4 Å². The predicted molar refractivity (Wildman–Crippen MR) is 109 cm³/mol. The lowest BCUT2D eigenvalue weighted by molar-refractivity contribution is 0.173. The van der Waals surface area contributed by atoms with Gasteiger partial charge < -0.3 is 9.47 Å². The molecule has 2 aromatic rings. The average Bonchev–Trinajstić information content (AvgIpc) is 2.75. The molecule has 1 aliphatic rings. The van der Waals surface area contributed by atoms with E-state index >= 15 is 0 Å². The van der Waals surface area contributed by atoms with Gasteiger partial charge in [0, 0.05) is 11.1 Å². The Hall–Kier alpha value is -2.24. The Labute approximate surface area is 175 Å². The second-order valence-corrected chi connectivity index (χ2v) is 7.90. The van der Waals surface area contributed by atoms with Gasteiger partial charge in [0.2, 0.25) is 11.6 Å². The van der Waals surface area contributed by atoms with Crippen molar-refractivity contribution in [1.82, 2.24) is 0 Å². The molecule has 1 aliphatic carbocycles. The van der Waals surface area contributed by atoms with Gasteiger partial charge in [0.15, 0.2) is 23.1 Å². The minimum absolute atomic E-state index is 0.158. The molecule has 2 aromatic carbocycles. The molecular weight excluding hydrogens is 396 g/mol. The van der Waals surface area contributed by atoms with Crippen LogP contribution in [0, 0.1) is 35.1 Å². The van der Waals surface area contributed by atoms with Crippen LogP contribution in [0.5, 0.6) is 11.5 Å². The smallest absolute Gasteiger partial charge is 0.201 e. The molecule has 0 radical (unpaired) electrons. The van der Waals surface area contributed by atoms with E-state index in [1.165, 1.54) is 37.1 Å². The highest BCUT2D eigenvalue weighted by Crippen LogP contribution is 2.36. The first kappa shape index (κ1) is 22.4. The van der Waals surface area contributed by atoms with E-state index in [1.807, 2.05) is 0 Å². The molecule has 30 heavy (non-hydrogen) atoms. The summed E-state index contributed by atoms with van der Waals surface area (Å²) < 4.78 is 68.2. The molecule has 0 amide bonds. The molecule has 0 unspecified atom stereocenters. The largest absolute Gasteiger partial charge is 0.491 e. The zero-order valence-corrected chi connectivity index (χ0v) is 17.4. The molecular formula is C24H28F4O2. The maximum Gasteiger partial charge on any atom is 0.201 e. The quantitative estimate of drug-likeness (QED) is 0.414. The number of hydrogen-bond acceptors (Lipinski definition) is 2. The Morgan fingerprint density at radius 1 is 0.700 bits per heavy atom. The highest BCUT2D eigenvalue weighted by molar-refractivity contribution is 5.67. The van der Waals surface area contributed by atoms with Gasteiger partial charge in [-0.25, -0.2) is 8.78 Å². The highest BCUT2D eigenvalue weighted by atomic mass is 19.2. The number of ether oxygens (including phenoxy) is 2. The Morgan fingerprint density at radius 2 is 1.20 bits per heavy atom. The van der Waals surface area contributed by atoms with Gasteiger partial charge in [-0.15, -0.1) is 0 Å². The number of halogens is 4. The molecule has 1 saturated carbocycles. The SMILES string of the molecule is CCCC1CCC(COc2ccc(-c3ccc(OCC)c(F)c3F)c(F)c2F)CC1. The molecule has 0 atom stereocenters. The van der Waals surface area contributed by atoms with E-state index in [4.69, 9.17) is 9.47 Å². The average molecular weight is 424 g/mol. The lowest BCUT2D eigenvalue weighted by Crippen LogP contribution is -2.20. The maximum absolute atomic E-state index is 14.6. The minimum Gasteiger partial charge on any atom is -0.491 e. The molecule has 0 bridgehead atoms. The van der Waals surface area contributed by atoms with Gasteiger partial charge in [-0.2, -0.15) is 8.78 Å². The Morgan fingerprint density at radius 3 is 1.70 bits per heavy atom. The van der Waals surface area contributed by atoms with E-state index < -0.39 is 23.3 Å². The summed E-state index contributed by atoms with van der Waals surface area (Å²) in [6.45, 7) is 4.30. The van der Waals surface area contributed by atoms with Crippen molar-refractivity contribution in [3.63, 3.8) is 0 Å². The van der Waals surface area contributed by atoms with Crippen LogP contribution in [-0.2, 0) is 0 Å². The van der Waals surface area contributed by atoms with Crippen molar-refractivity contribution in [2.75, 3.05) is 13.2 Å². The van der Waals surface area contributed by atoms with E-state index in [1.54, 1.807) is 6.92 Å². The zero-order chi connectivity index (χ0) is 21.7. The summed E-state index contributed by atoms with van der Waals surface area (Å²) in [5.41, 5.74) is -0.729. The van der Waals surface area contributed by atoms with E-state index in [0.29, 0.717) is 12.5 Å². The first-order chi connectivity index (χ1) is 14.5. The van der Waals surface area contributed by atoms with Crippen LogP contribution in [0.25, 0.3) is 11.1 Å². The van der Waals surface area contributed by atoms with Crippen LogP contribution >= 0.6 is 0 Å². The molecule has 0 saturated heterocycles. The van der Waals surface area contributed by atoms with E-state index in [0.717, 1.165) is 31.6 Å². The van der Waals surface area contributed by atoms with E-state index in [-0.39, 0.29) is 29.2 Å². The third kappa shape index (κ3) is 4.90. The Bertz CT molecular complexity index is 861. The molecule has 3 rings (SSSR count). The van der Waals surface area contributed by atoms with Crippen molar-refractivity contribution < 1.29 is 27.0 Å². The third-order valence-corrected chi connectivity index (χ3v) is 5.82. The highest BCUT2D eigenvalue weighted by Gasteiger charge is 2.24. The van der Waals surface area contributed by atoms with Crippen LogP contribution in [0.1, 0.15) is 52.4 Å². The van der Waals surface area contributed by atoms with Gasteiger partial charge in [0.25, 0.3) is 0 Å². The number of hydrogen-bond donors (Lipinski definition) is 0. The van der Waals surface area contributed by atoms with Gasteiger partial charge in [-0.1, -0.05) is 32.6 Å². The molecule has 2 nitrogen and oxygen atoms in total. The Balaban J connectivity index is 1.71. The van der Waals surface area contributed by atoms with Crippen LogP contribution in [0.15, 0.2) is 24.3 Å². The summed E-state index contributed by atoms with van der Waals surface area (Å²) in [4.78, 5) is 0. The van der Waals surface area contributed by atoms with E-state index in [2.05, 4.69) is 6.92 Å². The standard InChI is InChI=1S/C24H28F4O2/c1-3-5-15-6-8-16(9-7-15)14-30-20-13-11-18(22(26)24(20)28)17-10-12-19(29-4-2)23(27)21(17)25/h10-13,15-16H,3-9,14H2,1-2H3. The molecule has 1 fully saturated rings. The summed E-state index contributed by atoms with van der Waals surface area (Å²) >= 11 is 0. The van der Waals surface area contributed by atoms with Crippen LogP contribution in [0.2, 0.25) is 0 Å². The fourth-order valence-electron chi connectivity index (χ4n) is 4.16. The molecule has 0 N–H and O–H groups in total. The second-order valence-electron chi connectivity index (χ2n) is 7.90. The molecule has 0 spiro atoms. The van der Waals surface area contributed by atoms with Gasteiger partial charge in [-0.05, 0) is 55.9 Å². The molecule has 164 valence electrons. The predicted octanol–water partition coefficient (Wildman–Crippen LogP) is 7.29. The van der Waals surface area contributed by atoms with Crippen molar-refractivity contribution >= 4 is 0 Å². The van der Waals surface area contributed by atoms with Gasteiger partial charge in [0.1, 0.15) is 0 Å². The van der Waals surface area contributed by atoms with Crippen LogP contribution in [-0.4, -0.2) is 13.2 Å². The van der Waals surface area contributed by atoms with Crippen LogP contribution in [0.4, 0.5) is 17.6 Å².